The molecule has 0 bridgehead atoms. The number of rotatable bonds is 10. The quantitative estimate of drug-likeness (QED) is 0.403. The number of methoxy groups -OCH3 is 1. The summed E-state index contributed by atoms with van der Waals surface area (Å²) in [6.07, 6.45) is 1.71. The number of fused-ring (bicyclic) bond motifs is 1. The Labute approximate surface area is 189 Å². The number of aryl methyl sites for hydroxylation is 1. The van der Waals surface area contributed by atoms with Crippen LogP contribution in [0.3, 0.4) is 0 Å². The fraction of sp³-hybridized carbons (Fsp3) is 0.400. The average molecular weight is 438 g/mol. The lowest BCUT2D eigenvalue weighted by molar-refractivity contribution is -0.151. The summed E-state index contributed by atoms with van der Waals surface area (Å²) < 4.78 is 16.9. The third-order valence-electron chi connectivity index (χ3n) is 5.19. The van der Waals surface area contributed by atoms with Gasteiger partial charge in [-0.05, 0) is 51.0 Å². The van der Waals surface area contributed by atoms with Crippen molar-refractivity contribution in [3.05, 3.63) is 48.3 Å². The molecule has 2 aromatic carbocycles. The molecule has 1 aromatic heterocycles. The van der Waals surface area contributed by atoms with Crippen molar-refractivity contribution < 1.29 is 19.0 Å². The largest absolute Gasteiger partial charge is 0.493 e. The number of unbranched alkanes of at least 4 members (excludes halogenated alkanes) is 1. The fourth-order valence-electron chi connectivity index (χ4n) is 3.52. The van der Waals surface area contributed by atoms with Gasteiger partial charge in [0.2, 0.25) is 0 Å². The summed E-state index contributed by atoms with van der Waals surface area (Å²) in [6, 6.07) is 13.5. The predicted octanol–water partition coefficient (Wildman–Crippen LogP) is 5.22. The molecule has 170 valence electrons. The summed E-state index contributed by atoms with van der Waals surface area (Å²) in [6.45, 7) is 6.06. The van der Waals surface area contributed by atoms with E-state index >= 15 is 0 Å². The van der Waals surface area contributed by atoms with Crippen LogP contribution in [0.25, 0.3) is 10.9 Å². The Balaban J connectivity index is 1.98. The second-order valence-corrected chi connectivity index (χ2v) is 7.51. The zero-order chi connectivity index (χ0) is 23.1. The van der Waals surface area contributed by atoms with Gasteiger partial charge in [-0.15, -0.1) is 0 Å². The Hall–Kier alpha value is -3.35. The first kappa shape index (κ1) is 23.3. The van der Waals surface area contributed by atoms with Gasteiger partial charge in [-0.3, -0.25) is 0 Å². The molecule has 0 amide bonds. The van der Waals surface area contributed by atoms with Crippen LogP contribution in [0.15, 0.2) is 42.5 Å². The predicted molar refractivity (Wildman–Crippen MR) is 126 cm³/mol. The molecule has 0 spiro atoms. The first-order valence-corrected chi connectivity index (χ1v) is 11.0. The summed E-state index contributed by atoms with van der Waals surface area (Å²) in [7, 11) is 3.53. The van der Waals surface area contributed by atoms with E-state index in [4.69, 9.17) is 14.2 Å². The van der Waals surface area contributed by atoms with Crippen molar-refractivity contribution in [3.8, 4) is 11.5 Å². The maximum atomic E-state index is 12.5. The van der Waals surface area contributed by atoms with Gasteiger partial charge in [-0.1, -0.05) is 25.5 Å². The van der Waals surface area contributed by atoms with E-state index in [0.29, 0.717) is 30.4 Å². The van der Waals surface area contributed by atoms with Crippen LogP contribution in [-0.2, 0) is 9.53 Å². The highest BCUT2D eigenvalue weighted by Crippen LogP contribution is 2.36. The molecule has 1 heterocycles. The topological polar surface area (TPSA) is 73.8 Å². The van der Waals surface area contributed by atoms with Crippen molar-refractivity contribution in [1.29, 1.82) is 0 Å². The second-order valence-electron chi connectivity index (χ2n) is 7.51. The van der Waals surface area contributed by atoms with Crippen molar-refractivity contribution in [2.45, 2.75) is 46.1 Å². The summed E-state index contributed by atoms with van der Waals surface area (Å²) >= 11 is 0. The van der Waals surface area contributed by atoms with Crippen molar-refractivity contribution in [1.82, 2.24) is 9.97 Å². The maximum absolute atomic E-state index is 12.5. The Morgan fingerprint density at radius 2 is 1.88 bits per heavy atom. The molecule has 1 unspecified atom stereocenters. The number of ether oxygens (including phenoxy) is 3. The highest BCUT2D eigenvalue weighted by atomic mass is 16.6. The van der Waals surface area contributed by atoms with E-state index in [1.807, 2.05) is 61.3 Å². The van der Waals surface area contributed by atoms with Crippen LogP contribution in [0.4, 0.5) is 11.5 Å². The number of hydrogen-bond acceptors (Lipinski definition) is 7. The lowest BCUT2D eigenvalue weighted by Crippen LogP contribution is -2.29. The fourth-order valence-corrected chi connectivity index (χ4v) is 3.52. The first-order chi connectivity index (χ1) is 15.5. The molecule has 0 aliphatic heterocycles. The SMILES string of the molecule is CCCCC(Oc1cc(N(C)c2nc(C)nc3ccccc23)ccc1OC)C(=O)OCC. The summed E-state index contributed by atoms with van der Waals surface area (Å²) in [5.41, 5.74) is 1.73. The normalized spacial score (nSPS) is 11.8. The van der Waals surface area contributed by atoms with Gasteiger partial charge in [0, 0.05) is 24.2 Å². The summed E-state index contributed by atoms with van der Waals surface area (Å²) in [5.74, 6) is 2.16. The molecule has 3 rings (SSSR count). The molecule has 0 saturated carbocycles. The number of hydrogen-bond donors (Lipinski definition) is 0. The van der Waals surface area contributed by atoms with Gasteiger partial charge >= 0.3 is 5.97 Å². The molecule has 32 heavy (non-hydrogen) atoms. The smallest absolute Gasteiger partial charge is 0.347 e. The van der Waals surface area contributed by atoms with Crippen LogP contribution in [0, 0.1) is 6.92 Å². The Morgan fingerprint density at radius 3 is 2.59 bits per heavy atom. The monoisotopic (exact) mass is 437 g/mol. The lowest BCUT2D eigenvalue weighted by Gasteiger charge is -2.23. The van der Waals surface area contributed by atoms with Gasteiger partial charge in [0.05, 0.1) is 19.2 Å². The van der Waals surface area contributed by atoms with E-state index in [9.17, 15) is 4.79 Å². The van der Waals surface area contributed by atoms with Gasteiger partial charge in [0.15, 0.2) is 17.6 Å². The van der Waals surface area contributed by atoms with E-state index in [-0.39, 0.29) is 5.97 Å². The van der Waals surface area contributed by atoms with Gasteiger partial charge in [-0.25, -0.2) is 14.8 Å². The Bertz CT molecular complexity index is 1070. The number of para-hydroxylation sites is 1. The van der Waals surface area contributed by atoms with Crippen LogP contribution in [0.5, 0.6) is 11.5 Å². The molecular formula is C25H31N3O4. The van der Waals surface area contributed by atoms with Crippen molar-refractivity contribution in [2.75, 3.05) is 25.7 Å². The van der Waals surface area contributed by atoms with Gasteiger partial charge in [0.25, 0.3) is 0 Å². The van der Waals surface area contributed by atoms with Crippen LogP contribution in [0.1, 0.15) is 38.9 Å². The van der Waals surface area contributed by atoms with Gasteiger partial charge < -0.3 is 19.1 Å². The molecule has 0 aliphatic rings. The molecule has 0 radical (unpaired) electrons. The highest BCUT2D eigenvalue weighted by Gasteiger charge is 2.24. The third kappa shape index (κ3) is 5.28. The molecule has 0 N–H and O–H groups in total. The van der Waals surface area contributed by atoms with Crippen molar-refractivity contribution >= 4 is 28.4 Å². The minimum atomic E-state index is -0.688. The van der Waals surface area contributed by atoms with Crippen LogP contribution < -0.4 is 14.4 Å². The van der Waals surface area contributed by atoms with E-state index in [1.165, 1.54) is 0 Å². The minimum absolute atomic E-state index is 0.310. The Kier molecular flexibility index (Phi) is 7.87. The molecule has 0 saturated heterocycles. The molecule has 7 nitrogen and oxygen atoms in total. The van der Waals surface area contributed by atoms with E-state index in [2.05, 4.69) is 16.9 Å². The first-order valence-electron chi connectivity index (χ1n) is 11.0. The number of nitrogens with zero attached hydrogens (tertiary/aromatic N) is 3. The molecule has 1 atom stereocenters. The van der Waals surface area contributed by atoms with Crippen LogP contribution in [-0.4, -0.2) is 42.8 Å². The van der Waals surface area contributed by atoms with E-state index in [0.717, 1.165) is 35.2 Å². The number of anilines is 2. The standard InChI is InChI=1S/C25H31N3O4/c1-6-8-13-22(25(29)31-7-2)32-23-16-18(14-15-21(23)30-5)28(4)24-19-11-9-10-12-20(19)26-17(3)27-24/h9-12,14-16,22H,6-8,13H2,1-5H3. The summed E-state index contributed by atoms with van der Waals surface area (Å²) in [5, 5.41) is 0.950. The maximum Gasteiger partial charge on any atom is 0.347 e. The van der Waals surface area contributed by atoms with Gasteiger partial charge in [0.1, 0.15) is 11.6 Å². The zero-order valence-electron chi connectivity index (χ0n) is 19.4. The number of carbonyl (C=O) groups excluding carboxylic acids is 1. The molecule has 7 heteroatoms. The average Bonchev–Trinajstić information content (AvgIpc) is 2.80. The number of aromatic nitrogens is 2. The van der Waals surface area contributed by atoms with Crippen molar-refractivity contribution in [3.63, 3.8) is 0 Å². The van der Waals surface area contributed by atoms with Gasteiger partial charge in [-0.2, -0.15) is 0 Å². The third-order valence-corrected chi connectivity index (χ3v) is 5.19. The Morgan fingerprint density at radius 1 is 1.09 bits per heavy atom. The number of benzene rings is 2. The number of carbonyl (C=O) groups is 1. The molecule has 0 fully saturated rings. The zero-order valence-corrected chi connectivity index (χ0v) is 19.4. The highest BCUT2D eigenvalue weighted by molar-refractivity contribution is 5.91. The van der Waals surface area contributed by atoms with E-state index < -0.39 is 6.10 Å². The number of esters is 1. The minimum Gasteiger partial charge on any atom is -0.493 e. The second kappa shape index (κ2) is 10.8. The molecule has 0 aliphatic carbocycles. The lowest BCUT2D eigenvalue weighted by atomic mass is 10.1. The van der Waals surface area contributed by atoms with Crippen LogP contribution in [0.2, 0.25) is 0 Å². The molecule has 3 aromatic rings. The van der Waals surface area contributed by atoms with Crippen LogP contribution >= 0.6 is 0 Å². The van der Waals surface area contributed by atoms with E-state index in [1.54, 1.807) is 14.0 Å². The van der Waals surface area contributed by atoms with Crippen molar-refractivity contribution in [2.24, 2.45) is 0 Å². The summed E-state index contributed by atoms with van der Waals surface area (Å²) in [4.78, 5) is 23.6. The molecular weight excluding hydrogens is 406 g/mol.